The summed E-state index contributed by atoms with van der Waals surface area (Å²) >= 11 is 0. The van der Waals surface area contributed by atoms with E-state index in [4.69, 9.17) is 14.2 Å². The van der Waals surface area contributed by atoms with Crippen molar-refractivity contribution in [1.29, 1.82) is 0 Å². The molecular weight excluding hydrogens is 360 g/mol. The molecule has 2 heterocycles. The monoisotopic (exact) mass is 382 g/mol. The summed E-state index contributed by atoms with van der Waals surface area (Å²) in [5.41, 5.74) is 2.23. The summed E-state index contributed by atoms with van der Waals surface area (Å²) in [5.74, 6) is 1.61. The normalized spacial score (nSPS) is 15.5. The van der Waals surface area contributed by atoms with Crippen molar-refractivity contribution in [2.75, 3.05) is 45.0 Å². The minimum Gasteiger partial charge on any atom is -0.496 e. The van der Waals surface area contributed by atoms with E-state index in [1.807, 2.05) is 29.2 Å². The Morgan fingerprint density at radius 2 is 1.61 bits per heavy atom. The van der Waals surface area contributed by atoms with Gasteiger partial charge in [-0.25, -0.2) is 0 Å². The molecule has 1 amide bonds. The Morgan fingerprint density at radius 3 is 2.21 bits per heavy atom. The Balaban J connectivity index is 1.45. The van der Waals surface area contributed by atoms with Gasteiger partial charge in [0.1, 0.15) is 5.75 Å². The number of amides is 1. The van der Waals surface area contributed by atoms with Gasteiger partial charge in [-0.05, 0) is 31.2 Å². The number of anilines is 1. The first-order valence-electron chi connectivity index (χ1n) is 9.19. The molecule has 2 aromatic rings. The minimum absolute atomic E-state index is 0.0552. The van der Waals surface area contributed by atoms with Crippen LogP contribution in [0, 0.1) is 0 Å². The van der Waals surface area contributed by atoms with E-state index >= 15 is 0 Å². The Bertz CT molecular complexity index is 902. The number of carbonyl (C=O) groups is 2. The third kappa shape index (κ3) is 3.35. The molecule has 0 bridgehead atoms. The number of ketones is 1. The van der Waals surface area contributed by atoms with Crippen molar-refractivity contribution in [1.82, 2.24) is 4.90 Å². The average molecular weight is 382 g/mol. The Labute approximate surface area is 163 Å². The van der Waals surface area contributed by atoms with Crippen LogP contribution < -0.4 is 19.1 Å². The molecule has 7 heteroatoms. The zero-order chi connectivity index (χ0) is 19.7. The predicted molar refractivity (Wildman–Crippen MR) is 104 cm³/mol. The Kier molecular flexibility index (Phi) is 4.81. The number of hydrogen-bond acceptors (Lipinski definition) is 6. The second-order valence-corrected chi connectivity index (χ2v) is 6.79. The number of methoxy groups -OCH3 is 1. The van der Waals surface area contributed by atoms with Crippen LogP contribution in [0.25, 0.3) is 0 Å². The van der Waals surface area contributed by atoms with Crippen molar-refractivity contribution in [3.8, 4) is 17.2 Å². The maximum absolute atomic E-state index is 13.0. The van der Waals surface area contributed by atoms with Crippen LogP contribution in [0.3, 0.4) is 0 Å². The number of benzene rings is 2. The van der Waals surface area contributed by atoms with Gasteiger partial charge in [-0.2, -0.15) is 0 Å². The number of piperazine rings is 1. The van der Waals surface area contributed by atoms with E-state index < -0.39 is 0 Å². The first-order valence-corrected chi connectivity index (χ1v) is 9.19. The highest BCUT2D eigenvalue weighted by atomic mass is 16.7. The minimum atomic E-state index is -0.0817. The number of rotatable bonds is 4. The van der Waals surface area contributed by atoms with Crippen LogP contribution in [0.2, 0.25) is 0 Å². The Morgan fingerprint density at radius 1 is 0.964 bits per heavy atom. The molecule has 7 nitrogen and oxygen atoms in total. The lowest BCUT2D eigenvalue weighted by molar-refractivity contribution is 0.0742. The largest absolute Gasteiger partial charge is 0.496 e. The SMILES string of the molecule is COc1cc2c(cc1C(=O)N1CCN(c3ccc(C(C)=O)cc3)CC1)OCO2. The standard InChI is InChI=1S/C21H22N2O5/c1-14(24)15-3-5-16(6-4-15)22-7-9-23(10-8-22)21(25)17-11-19-20(28-13-27-19)12-18(17)26-2/h3-6,11-12H,7-10,13H2,1-2H3. The van der Waals surface area contributed by atoms with Crippen LogP contribution in [-0.4, -0.2) is 56.7 Å². The first-order chi connectivity index (χ1) is 13.6. The average Bonchev–Trinajstić information content (AvgIpc) is 3.20. The van der Waals surface area contributed by atoms with Gasteiger partial charge in [-0.15, -0.1) is 0 Å². The van der Waals surface area contributed by atoms with Crippen molar-refractivity contribution < 1.29 is 23.8 Å². The molecule has 0 aliphatic carbocycles. The molecule has 0 unspecified atom stereocenters. The van der Waals surface area contributed by atoms with Crippen LogP contribution in [0.5, 0.6) is 17.2 Å². The predicted octanol–water partition coefficient (Wildman–Crippen LogP) is 2.59. The van der Waals surface area contributed by atoms with E-state index in [0.29, 0.717) is 41.5 Å². The lowest BCUT2D eigenvalue weighted by Gasteiger charge is -2.36. The number of carbonyl (C=O) groups excluding carboxylic acids is 2. The molecule has 2 aromatic carbocycles. The number of Topliss-reactive ketones (excluding diaryl/α,β-unsaturated/α-hetero) is 1. The quantitative estimate of drug-likeness (QED) is 0.757. The van der Waals surface area contributed by atoms with Gasteiger partial charge < -0.3 is 24.0 Å². The molecule has 2 aliphatic heterocycles. The molecule has 28 heavy (non-hydrogen) atoms. The summed E-state index contributed by atoms with van der Waals surface area (Å²) in [7, 11) is 1.54. The second-order valence-electron chi connectivity index (χ2n) is 6.79. The van der Waals surface area contributed by atoms with Crippen molar-refractivity contribution in [2.45, 2.75) is 6.92 Å². The van der Waals surface area contributed by atoms with Crippen molar-refractivity contribution in [2.24, 2.45) is 0 Å². The lowest BCUT2D eigenvalue weighted by atomic mass is 10.1. The molecular formula is C21H22N2O5. The van der Waals surface area contributed by atoms with Crippen molar-refractivity contribution >= 4 is 17.4 Å². The second kappa shape index (κ2) is 7.42. The highest BCUT2D eigenvalue weighted by Gasteiger charge is 2.27. The van der Waals surface area contributed by atoms with Gasteiger partial charge in [0.05, 0.1) is 12.7 Å². The zero-order valence-corrected chi connectivity index (χ0v) is 15.9. The molecule has 0 saturated carbocycles. The molecule has 0 N–H and O–H groups in total. The third-order valence-electron chi connectivity index (χ3n) is 5.13. The van der Waals surface area contributed by atoms with Gasteiger partial charge in [-0.1, -0.05) is 0 Å². The van der Waals surface area contributed by atoms with Gasteiger partial charge in [0.25, 0.3) is 5.91 Å². The van der Waals surface area contributed by atoms with E-state index in [2.05, 4.69) is 4.90 Å². The molecule has 0 aromatic heterocycles. The summed E-state index contributed by atoms with van der Waals surface area (Å²) in [5, 5.41) is 0. The van der Waals surface area contributed by atoms with Gasteiger partial charge in [0.2, 0.25) is 6.79 Å². The van der Waals surface area contributed by atoms with E-state index in [9.17, 15) is 9.59 Å². The molecule has 2 aliphatic rings. The molecule has 1 fully saturated rings. The lowest BCUT2D eigenvalue weighted by Crippen LogP contribution is -2.48. The fourth-order valence-corrected chi connectivity index (χ4v) is 3.50. The number of hydrogen-bond donors (Lipinski definition) is 0. The van der Waals surface area contributed by atoms with Gasteiger partial charge in [0, 0.05) is 49.6 Å². The van der Waals surface area contributed by atoms with Gasteiger partial charge in [-0.3, -0.25) is 9.59 Å². The molecule has 146 valence electrons. The van der Waals surface area contributed by atoms with E-state index in [0.717, 1.165) is 18.8 Å². The van der Waals surface area contributed by atoms with Crippen molar-refractivity contribution in [3.63, 3.8) is 0 Å². The van der Waals surface area contributed by atoms with E-state index in [-0.39, 0.29) is 18.5 Å². The highest BCUT2D eigenvalue weighted by molar-refractivity contribution is 5.98. The summed E-state index contributed by atoms with van der Waals surface area (Å²) < 4.78 is 16.1. The van der Waals surface area contributed by atoms with Crippen LogP contribution in [-0.2, 0) is 0 Å². The maximum atomic E-state index is 13.0. The van der Waals surface area contributed by atoms with E-state index in [1.165, 1.54) is 7.11 Å². The summed E-state index contributed by atoms with van der Waals surface area (Å²) in [4.78, 5) is 28.5. The Hall–Kier alpha value is -3.22. The molecule has 4 rings (SSSR count). The first kappa shape index (κ1) is 18.2. The molecule has 0 atom stereocenters. The molecule has 1 saturated heterocycles. The van der Waals surface area contributed by atoms with Crippen LogP contribution >= 0.6 is 0 Å². The fourth-order valence-electron chi connectivity index (χ4n) is 3.50. The van der Waals surface area contributed by atoms with Crippen LogP contribution in [0.1, 0.15) is 27.6 Å². The molecule has 0 spiro atoms. The maximum Gasteiger partial charge on any atom is 0.257 e. The zero-order valence-electron chi connectivity index (χ0n) is 15.9. The van der Waals surface area contributed by atoms with Crippen molar-refractivity contribution in [3.05, 3.63) is 47.5 Å². The number of fused-ring (bicyclic) bond motifs is 1. The van der Waals surface area contributed by atoms with Gasteiger partial charge >= 0.3 is 0 Å². The topological polar surface area (TPSA) is 68.3 Å². The molecule has 0 radical (unpaired) electrons. The van der Waals surface area contributed by atoms with Crippen LogP contribution in [0.4, 0.5) is 5.69 Å². The van der Waals surface area contributed by atoms with E-state index in [1.54, 1.807) is 19.1 Å². The van der Waals surface area contributed by atoms with Gasteiger partial charge in [0.15, 0.2) is 17.3 Å². The third-order valence-corrected chi connectivity index (χ3v) is 5.13. The fraction of sp³-hybridized carbons (Fsp3) is 0.333. The number of ether oxygens (including phenoxy) is 3. The summed E-state index contributed by atoms with van der Waals surface area (Å²) in [6.45, 7) is 4.35. The van der Waals surface area contributed by atoms with Crippen LogP contribution in [0.15, 0.2) is 36.4 Å². The smallest absolute Gasteiger partial charge is 0.257 e. The number of nitrogens with zero attached hydrogens (tertiary/aromatic N) is 2. The highest BCUT2D eigenvalue weighted by Crippen LogP contribution is 2.38. The summed E-state index contributed by atoms with van der Waals surface area (Å²) in [6.07, 6.45) is 0. The summed E-state index contributed by atoms with van der Waals surface area (Å²) in [6, 6.07) is 11.0.